The summed E-state index contributed by atoms with van der Waals surface area (Å²) in [5, 5.41) is 3.56. The smallest absolute Gasteiger partial charge is 0.128 e. The molecule has 0 aliphatic rings. The molecule has 0 bridgehead atoms. The quantitative estimate of drug-likeness (QED) is 0.842. The average Bonchev–Trinajstić information content (AvgIpc) is 3.05. The summed E-state index contributed by atoms with van der Waals surface area (Å²) in [6, 6.07) is 2.64. The summed E-state index contributed by atoms with van der Waals surface area (Å²) in [4.78, 5) is 4.43. The summed E-state index contributed by atoms with van der Waals surface area (Å²) in [6.07, 6.45) is 8.30. The fourth-order valence-corrected chi connectivity index (χ4v) is 2.64. The van der Waals surface area contributed by atoms with Gasteiger partial charge in [-0.15, -0.1) is 0 Å². The van der Waals surface area contributed by atoms with Crippen molar-refractivity contribution in [3.05, 3.63) is 42.2 Å². The van der Waals surface area contributed by atoms with Crippen molar-refractivity contribution in [1.82, 2.24) is 19.4 Å². The third-order valence-corrected chi connectivity index (χ3v) is 3.69. The summed E-state index contributed by atoms with van der Waals surface area (Å²) >= 11 is 0. The second-order valence-corrected chi connectivity index (χ2v) is 5.53. The van der Waals surface area contributed by atoms with Crippen molar-refractivity contribution in [2.24, 2.45) is 5.92 Å². The van der Waals surface area contributed by atoms with Gasteiger partial charge in [0.15, 0.2) is 0 Å². The lowest BCUT2D eigenvalue weighted by Crippen LogP contribution is -2.25. The molecule has 0 radical (unpaired) electrons. The number of hydrogen-bond donors (Lipinski definition) is 1. The van der Waals surface area contributed by atoms with Crippen LogP contribution in [0, 0.1) is 5.92 Å². The summed E-state index contributed by atoms with van der Waals surface area (Å²) in [5.74, 6) is 1.70. The largest absolute Gasteiger partial charge is 0.346 e. The number of nitrogens with one attached hydrogen (secondary N) is 1. The Hall–Kier alpha value is -1.55. The van der Waals surface area contributed by atoms with Crippen LogP contribution < -0.4 is 5.32 Å². The molecule has 0 aliphatic carbocycles. The average molecular weight is 274 g/mol. The molecule has 1 unspecified atom stereocenters. The van der Waals surface area contributed by atoms with E-state index in [0.29, 0.717) is 12.0 Å². The van der Waals surface area contributed by atoms with Gasteiger partial charge in [0.1, 0.15) is 5.82 Å². The highest BCUT2D eigenvalue weighted by Gasteiger charge is 2.15. The molecular weight excluding hydrogens is 248 g/mol. The van der Waals surface area contributed by atoms with Crippen molar-refractivity contribution in [1.29, 1.82) is 0 Å². The van der Waals surface area contributed by atoms with Crippen molar-refractivity contribution < 1.29 is 0 Å². The third kappa shape index (κ3) is 3.31. The highest BCUT2D eigenvalue weighted by atomic mass is 15.1. The molecule has 4 nitrogen and oxygen atoms in total. The van der Waals surface area contributed by atoms with Gasteiger partial charge in [-0.2, -0.15) is 0 Å². The minimum atomic E-state index is 0.423. The Labute approximate surface area is 121 Å². The number of nitrogens with zero attached hydrogens (tertiary/aromatic N) is 3. The van der Waals surface area contributed by atoms with Crippen LogP contribution >= 0.6 is 0 Å². The summed E-state index contributed by atoms with van der Waals surface area (Å²) < 4.78 is 4.40. The Kier molecular flexibility index (Phi) is 5.01. The van der Waals surface area contributed by atoms with E-state index in [9.17, 15) is 0 Å². The van der Waals surface area contributed by atoms with E-state index in [0.717, 1.165) is 25.5 Å². The van der Waals surface area contributed by atoms with Crippen LogP contribution in [0.5, 0.6) is 0 Å². The third-order valence-electron chi connectivity index (χ3n) is 3.69. The van der Waals surface area contributed by atoms with Gasteiger partial charge in [-0.3, -0.25) is 0 Å². The Bertz CT molecular complexity index is 524. The Balaban J connectivity index is 2.12. The van der Waals surface area contributed by atoms with Crippen LogP contribution in [0.2, 0.25) is 0 Å². The molecule has 1 N–H and O–H groups in total. The number of imidazole rings is 1. The first-order valence-corrected chi connectivity index (χ1v) is 7.54. The monoisotopic (exact) mass is 274 g/mol. The standard InChI is InChI=1S/C16H26N4/c1-5-17-16(13(3)4)14-7-9-19(11-14)12-15-18-8-10-20(15)6-2/h7-11,13,16-17H,5-6,12H2,1-4H3. The van der Waals surface area contributed by atoms with Crippen LogP contribution in [0.3, 0.4) is 0 Å². The van der Waals surface area contributed by atoms with E-state index in [1.54, 1.807) is 0 Å². The maximum atomic E-state index is 4.43. The molecule has 1 atom stereocenters. The molecule has 0 aromatic carbocycles. The van der Waals surface area contributed by atoms with E-state index in [-0.39, 0.29) is 0 Å². The van der Waals surface area contributed by atoms with E-state index >= 15 is 0 Å². The van der Waals surface area contributed by atoms with E-state index < -0.39 is 0 Å². The Morgan fingerprint density at radius 1 is 1.25 bits per heavy atom. The number of rotatable bonds is 7. The lowest BCUT2D eigenvalue weighted by Gasteiger charge is -2.20. The van der Waals surface area contributed by atoms with Gasteiger partial charge in [-0.05, 0) is 31.0 Å². The summed E-state index contributed by atoms with van der Waals surface area (Å²) in [7, 11) is 0. The first-order valence-electron chi connectivity index (χ1n) is 7.54. The normalized spacial score (nSPS) is 13.1. The molecule has 2 aromatic rings. The van der Waals surface area contributed by atoms with Crippen LogP contribution in [0.4, 0.5) is 0 Å². The van der Waals surface area contributed by atoms with Crippen LogP contribution in [-0.4, -0.2) is 20.7 Å². The molecule has 2 heterocycles. The van der Waals surface area contributed by atoms with E-state index in [1.165, 1.54) is 5.56 Å². The van der Waals surface area contributed by atoms with Gasteiger partial charge in [-0.25, -0.2) is 4.98 Å². The lowest BCUT2D eigenvalue weighted by atomic mass is 9.98. The summed E-state index contributed by atoms with van der Waals surface area (Å²) in [5.41, 5.74) is 1.36. The van der Waals surface area contributed by atoms with E-state index in [1.807, 2.05) is 12.4 Å². The zero-order valence-electron chi connectivity index (χ0n) is 13.0. The van der Waals surface area contributed by atoms with Crippen molar-refractivity contribution in [3.63, 3.8) is 0 Å². The number of hydrogen-bond acceptors (Lipinski definition) is 2. The fourth-order valence-electron chi connectivity index (χ4n) is 2.64. The maximum absolute atomic E-state index is 4.43. The molecule has 4 heteroatoms. The second-order valence-electron chi connectivity index (χ2n) is 5.53. The minimum Gasteiger partial charge on any atom is -0.346 e. The first kappa shape index (κ1) is 14.9. The molecule has 0 spiro atoms. The minimum absolute atomic E-state index is 0.423. The maximum Gasteiger partial charge on any atom is 0.128 e. The van der Waals surface area contributed by atoms with Gasteiger partial charge in [0, 0.05) is 37.4 Å². The first-order chi connectivity index (χ1) is 9.65. The lowest BCUT2D eigenvalue weighted by molar-refractivity contribution is 0.421. The zero-order chi connectivity index (χ0) is 14.5. The van der Waals surface area contributed by atoms with Gasteiger partial charge in [-0.1, -0.05) is 20.8 Å². The van der Waals surface area contributed by atoms with Crippen LogP contribution in [0.15, 0.2) is 30.9 Å². The molecule has 0 fully saturated rings. The molecule has 0 saturated carbocycles. The van der Waals surface area contributed by atoms with Gasteiger partial charge in [0.05, 0.1) is 6.54 Å². The molecule has 20 heavy (non-hydrogen) atoms. The summed E-state index contributed by atoms with van der Waals surface area (Å²) in [6.45, 7) is 11.6. The van der Waals surface area contributed by atoms with Gasteiger partial charge < -0.3 is 14.5 Å². The van der Waals surface area contributed by atoms with Crippen LogP contribution in [-0.2, 0) is 13.1 Å². The van der Waals surface area contributed by atoms with E-state index in [4.69, 9.17) is 0 Å². The second kappa shape index (κ2) is 6.75. The molecular formula is C16H26N4. The molecule has 2 aromatic heterocycles. The predicted octanol–water partition coefficient (Wildman–Crippen LogP) is 3.06. The van der Waals surface area contributed by atoms with Crippen LogP contribution in [0.1, 0.15) is 45.1 Å². The number of aryl methyl sites for hydroxylation is 1. The van der Waals surface area contributed by atoms with Gasteiger partial charge in [0.2, 0.25) is 0 Å². The van der Waals surface area contributed by atoms with Crippen molar-refractivity contribution in [2.45, 2.75) is 46.8 Å². The highest BCUT2D eigenvalue weighted by Crippen LogP contribution is 2.22. The molecule has 0 amide bonds. The predicted molar refractivity (Wildman–Crippen MR) is 82.7 cm³/mol. The SMILES string of the molecule is CCNC(c1ccn(Cc2nccn2CC)c1)C(C)C. The van der Waals surface area contributed by atoms with Crippen molar-refractivity contribution in [3.8, 4) is 0 Å². The zero-order valence-corrected chi connectivity index (χ0v) is 13.0. The fraction of sp³-hybridized carbons (Fsp3) is 0.562. The topological polar surface area (TPSA) is 34.8 Å². The van der Waals surface area contributed by atoms with Crippen molar-refractivity contribution >= 4 is 0 Å². The Morgan fingerprint density at radius 3 is 2.70 bits per heavy atom. The molecule has 0 saturated heterocycles. The Morgan fingerprint density at radius 2 is 2.05 bits per heavy atom. The van der Waals surface area contributed by atoms with Gasteiger partial charge >= 0.3 is 0 Å². The highest BCUT2D eigenvalue weighted by molar-refractivity contribution is 5.17. The van der Waals surface area contributed by atoms with Gasteiger partial charge in [0.25, 0.3) is 0 Å². The van der Waals surface area contributed by atoms with E-state index in [2.05, 4.69) is 65.6 Å². The molecule has 110 valence electrons. The molecule has 0 aliphatic heterocycles. The number of aromatic nitrogens is 3. The van der Waals surface area contributed by atoms with Crippen LogP contribution in [0.25, 0.3) is 0 Å². The molecule has 2 rings (SSSR count). The van der Waals surface area contributed by atoms with Crippen molar-refractivity contribution in [2.75, 3.05) is 6.54 Å².